The lowest BCUT2D eigenvalue weighted by atomic mass is 10.1. The molecule has 0 fully saturated rings. The molecular formula is C18H15N3O4. The fraction of sp³-hybridized carbons (Fsp3) is 0.0556. The summed E-state index contributed by atoms with van der Waals surface area (Å²) in [5.41, 5.74) is 2.36. The van der Waals surface area contributed by atoms with Crippen LogP contribution in [0.2, 0.25) is 0 Å². The van der Waals surface area contributed by atoms with Crippen LogP contribution in [0, 0.1) is 0 Å². The second-order valence-corrected chi connectivity index (χ2v) is 5.36. The Bertz CT molecular complexity index is 883. The van der Waals surface area contributed by atoms with Crippen LogP contribution in [0.1, 0.15) is 15.9 Å². The molecule has 0 amide bonds. The van der Waals surface area contributed by atoms with Gasteiger partial charge in [0.2, 0.25) is 0 Å². The summed E-state index contributed by atoms with van der Waals surface area (Å²) in [7, 11) is 0. The van der Waals surface area contributed by atoms with Crippen molar-refractivity contribution in [3.8, 4) is 11.5 Å². The molecule has 0 aliphatic rings. The minimum absolute atomic E-state index is 0.181. The Kier molecular flexibility index (Phi) is 4.47. The molecule has 0 bridgehead atoms. The summed E-state index contributed by atoms with van der Waals surface area (Å²) in [5.74, 6) is -1.46. The summed E-state index contributed by atoms with van der Waals surface area (Å²) < 4.78 is 0. The first-order valence-electron chi connectivity index (χ1n) is 7.41. The predicted octanol–water partition coefficient (Wildman–Crippen LogP) is 2.92. The number of carboxylic acids is 1. The van der Waals surface area contributed by atoms with E-state index in [1.165, 1.54) is 30.6 Å². The SMILES string of the molecule is O=C(O)c1ccc(N(Cc2cncnc2)c2ccc(O)c(O)c2)cc1. The molecule has 126 valence electrons. The summed E-state index contributed by atoms with van der Waals surface area (Å²) in [6.07, 6.45) is 4.78. The van der Waals surface area contributed by atoms with E-state index in [2.05, 4.69) is 9.97 Å². The number of hydrogen-bond donors (Lipinski definition) is 3. The zero-order chi connectivity index (χ0) is 17.8. The third-order valence-electron chi connectivity index (χ3n) is 3.65. The van der Waals surface area contributed by atoms with E-state index in [-0.39, 0.29) is 17.1 Å². The van der Waals surface area contributed by atoms with Gasteiger partial charge in [0.25, 0.3) is 0 Å². The summed E-state index contributed by atoms with van der Waals surface area (Å²) in [6, 6.07) is 10.9. The fourth-order valence-electron chi connectivity index (χ4n) is 2.39. The van der Waals surface area contributed by atoms with E-state index in [1.54, 1.807) is 30.6 Å². The second-order valence-electron chi connectivity index (χ2n) is 5.36. The molecule has 7 nitrogen and oxygen atoms in total. The largest absolute Gasteiger partial charge is 0.504 e. The van der Waals surface area contributed by atoms with Gasteiger partial charge in [-0.25, -0.2) is 14.8 Å². The number of carbonyl (C=O) groups is 1. The molecular weight excluding hydrogens is 322 g/mol. The van der Waals surface area contributed by atoms with Crippen molar-refractivity contribution in [3.05, 3.63) is 72.3 Å². The van der Waals surface area contributed by atoms with Crippen LogP contribution in [0.15, 0.2) is 61.2 Å². The molecule has 25 heavy (non-hydrogen) atoms. The molecule has 0 saturated heterocycles. The lowest BCUT2D eigenvalue weighted by Gasteiger charge is -2.25. The lowest BCUT2D eigenvalue weighted by molar-refractivity contribution is 0.0697. The maximum absolute atomic E-state index is 11.0. The molecule has 1 aromatic heterocycles. The summed E-state index contributed by atoms with van der Waals surface area (Å²) >= 11 is 0. The molecule has 1 heterocycles. The Morgan fingerprint density at radius 2 is 1.56 bits per heavy atom. The van der Waals surface area contributed by atoms with E-state index in [0.29, 0.717) is 12.2 Å². The molecule has 3 N–H and O–H groups in total. The van der Waals surface area contributed by atoms with E-state index in [9.17, 15) is 15.0 Å². The minimum Gasteiger partial charge on any atom is -0.504 e. The minimum atomic E-state index is -1.00. The maximum atomic E-state index is 11.0. The highest BCUT2D eigenvalue weighted by Gasteiger charge is 2.14. The van der Waals surface area contributed by atoms with Crippen molar-refractivity contribution in [2.24, 2.45) is 0 Å². The fourth-order valence-corrected chi connectivity index (χ4v) is 2.39. The van der Waals surface area contributed by atoms with Crippen molar-refractivity contribution < 1.29 is 20.1 Å². The number of anilines is 2. The van der Waals surface area contributed by atoms with Crippen LogP contribution >= 0.6 is 0 Å². The normalized spacial score (nSPS) is 10.4. The van der Waals surface area contributed by atoms with Gasteiger partial charge in [0.15, 0.2) is 11.5 Å². The average Bonchev–Trinajstić information content (AvgIpc) is 2.63. The van der Waals surface area contributed by atoms with Crippen LogP contribution in [0.4, 0.5) is 11.4 Å². The van der Waals surface area contributed by atoms with Crippen LogP contribution in [-0.2, 0) is 6.54 Å². The number of benzene rings is 2. The van der Waals surface area contributed by atoms with Gasteiger partial charge < -0.3 is 20.2 Å². The molecule has 0 unspecified atom stereocenters. The Morgan fingerprint density at radius 1 is 0.920 bits per heavy atom. The number of aromatic nitrogens is 2. The molecule has 3 aromatic rings. The van der Waals surface area contributed by atoms with E-state index in [4.69, 9.17) is 5.11 Å². The monoisotopic (exact) mass is 337 g/mol. The van der Waals surface area contributed by atoms with E-state index < -0.39 is 5.97 Å². The topological polar surface area (TPSA) is 107 Å². The van der Waals surface area contributed by atoms with Gasteiger partial charge in [-0.15, -0.1) is 0 Å². The van der Waals surface area contributed by atoms with Gasteiger partial charge in [-0.05, 0) is 36.4 Å². The molecule has 0 radical (unpaired) electrons. The molecule has 0 saturated carbocycles. The van der Waals surface area contributed by atoms with Crippen molar-refractivity contribution in [3.63, 3.8) is 0 Å². The molecule has 0 atom stereocenters. The van der Waals surface area contributed by atoms with Gasteiger partial charge in [0, 0.05) is 35.4 Å². The van der Waals surface area contributed by atoms with Crippen LogP contribution < -0.4 is 4.90 Å². The number of phenols is 2. The number of carboxylic acid groups (broad SMARTS) is 1. The molecule has 2 aromatic carbocycles. The number of hydrogen-bond acceptors (Lipinski definition) is 6. The van der Waals surface area contributed by atoms with Gasteiger partial charge >= 0.3 is 5.97 Å². The zero-order valence-corrected chi connectivity index (χ0v) is 13.1. The summed E-state index contributed by atoms with van der Waals surface area (Å²) in [6.45, 7) is 0.400. The molecule has 7 heteroatoms. The first kappa shape index (κ1) is 16.3. The molecule has 0 aliphatic carbocycles. The first-order valence-corrected chi connectivity index (χ1v) is 7.41. The van der Waals surface area contributed by atoms with Crippen molar-refractivity contribution in [1.82, 2.24) is 9.97 Å². The van der Waals surface area contributed by atoms with Gasteiger partial charge in [0.05, 0.1) is 12.1 Å². The summed E-state index contributed by atoms with van der Waals surface area (Å²) in [4.78, 5) is 20.9. The van der Waals surface area contributed by atoms with Gasteiger partial charge in [0.1, 0.15) is 6.33 Å². The quantitative estimate of drug-likeness (QED) is 0.614. The highest BCUT2D eigenvalue weighted by atomic mass is 16.4. The maximum Gasteiger partial charge on any atom is 0.335 e. The van der Waals surface area contributed by atoms with Gasteiger partial charge in [-0.2, -0.15) is 0 Å². The average molecular weight is 337 g/mol. The third kappa shape index (κ3) is 3.66. The zero-order valence-electron chi connectivity index (χ0n) is 13.1. The Labute approximate surface area is 143 Å². The van der Waals surface area contributed by atoms with E-state index in [1.807, 2.05) is 4.90 Å². The Hall–Kier alpha value is -3.61. The number of aromatic hydroxyl groups is 2. The smallest absolute Gasteiger partial charge is 0.335 e. The van der Waals surface area contributed by atoms with E-state index >= 15 is 0 Å². The Morgan fingerprint density at radius 3 is 2.16 bits per heavy atom. The third-order valence-corrected chi connectivity index (χ3v) is 3.65. The van der Waals surface area contributed by atoms with Crippen LogP contribution in [-0.4, -0.2) is 31.3 Å². The van der Waals surface area contributed by atoms with Crippen LogP contribution in [0.3, 0.4) is 0 Å². The van der Waals surface area contributed by atoms with Gasteiger partial charge in [-0.3, -0.25) is 0 Å². The van der Waals surface area contributed by atoms with Crippen molar-refractivity contribution in [2.75, 3.05) is 4.90 Å². The lowest BCUT2D eigenvalue weighted by Crippen LogP contribution is -2.17. The number of nitrogens with zero attached hydrogens (tertiary/aromatic N) is 3. The number of rotatable bonds is 5. The second kappa shape index (κ2) is 6.88. The van der Waals surface area contributed by atoms with Crippen LogP contribution in [0.5, 0.6) is 11.5 Å². The van der Waals surface area contributed by atoms with Crippen molar-refractivity contribution >= 4 is 17.3 Å². The number of aromatic carboxylic acids is 1. The molecule has 0 aliphatic heterocycles. The number of phenolic OH excluding ortho intramolecular Hbond substituents is 2. The van der Waals surface area contributed by atoms with Gasteiger partial charge in [-0.1, -0.05) is 0 Å². The van der Waals surface area contributed by atoms with Crippen molar-refractivity contribution in [2.45, 2.75) is 6.54 Å². The molecule has 0 spiro atoms. The summed E-state index contributed by atoms with van der Waals surface area (Å²) in [5, 5.41) is 28.4. The van der Waals surface area contributed by atoms with Crippen LogP contribution in [0.25, 0.3) is 0 Å². The molecule has 3 rings (SSSR count). The van der Waals surface area contributed by atoms with Crippen molar-refractivity contribution in [1.29, 1.82) is 0 Å². The predicted molar refractivity (Wildman–Crippen MR) is 91.0 cm³/mol. The first-order chi connectivity index (χ1) is 12.0. The van der Waals surface area contributed by atoms with E-state index in [0.717, 1.165) is 11.3 Å². The standard InChI is InChI=1S/C18H15N3O4/c22-16-6-5-15(7-17(16)23)21(10-12-8-19-11-20-9-12)14-3-1-13(2-4-14)18(24)25/h1-9,11,22-23H,10H2,(H,24,25). The Balaban J connectivity index is 2.01. The highest BCUT2D eigenvalue weighted by molar-refractivity contribution is 5.88. The highest BCUT2D eigenvalue weighted by Crippen LogP contribution is 2.34.